The molecule has 0 bridgehead atoms. The van der Waals surface area contributed by atoms with E-state index < -0.39 is 0 Å². The standard InChI is InChI=1S/C15H23NS/c1-11(2)17-10-15(16)14-8-4-7-13(9-14)12-5-3-6-12/h4,7-9,11-12,15H,3,5-6,10,16H2,1-2H3. The van der Waals surface area contributed by atoms with Crippen LogP contribution in [-0.2, 0) is 0 Å². The van der Waals surface area contributed by atoms with Crippen LogP contribution in [-0.4, -0.2) is 11.0 Å². The maximum Gasteiger partial charge on any atom is 0.0386 e. The molecule has 1 aliphatic rings. The van der Waals surface area contributed by atoms with E-state index in [0.29, 0.717) is 5.25 Å². The lowest BCUT2D eigenvalue weighted by Crippen LogP contribution is -2.15. The van der Waals surface area contributed by atoms with E-state index in [0.717, 1.165) is 11.7 Å². The molecule has 1 unspecified atom stereocenters. The summed E-state index contributed by atoms with van der Waals surface area (Å²) < 4.78 is 0. The molecule has 1 aromatic rings. The van der Waals surface area contributed by atoms with Gasteiger partial charge in [-0.05, 0) is 35.1 Å². The Morgan fingerprint density at radius 3 is 2.71 bits per heavy atom. The predicted octanol–water partition coefficient (Wildman–Crippen LogP) is 4.10. The van der Waals surface area contributed by atoms with Crippen molar-refractivity contribution in [2.75, 3.05) is 5.75 Å². The zero-order valence-corrected chi connectivity index (χ0v) is 11.7. The van der Waals surface area contributed by atoms with Crippen molar-refractivity contribution in [1.82, 2.24) is 0 Å². The molecule has 1 nitrogen and oxygen atoms in total. The maximum atomic E-state index is 6.25. The predicted molar refractivity (Wildman–Crippen MR) is 77.6 cm³/mol. The van der Waals surface area contributed by atoms with Crippen molar-refractivity contribution in [3.63, 3.8) is 0 Å². The van der Waals surface area contributed by atoms with Crippen LogP contribution in [0.3, 0.4) is 0 Å². The van der Waals surface area contributed by atoms with Crippen LogP contribution in [0.15, 0.2) is 24.3 Å². The topological polar surface area (TPSA) is 26.0 Å². The summed E-state index contributed by atoms with van der Waals surface area (Å²) in [5, 5.41) is 0.663. The monoisotopic (exact) mass is 249 g/mol. The van der Waals surface area contributed by atoms with Crippen molar-refractivity contribution in [1.29, 1.82) is 0 Å². The second-order valence-electron chi connectivity index (χ2n) is 5.29. The van der Waals surface area contributed by atoms with Crippen molar-refractivity contribution < 1.29 is 0 Å². The summed E-state index contributed by atoms with van der Waals surface area (Å²) in [7, 11) is 0. The van der Waals surface area contributed by atoms with E-state index in [1.807, 2.05) is 11.8 Å². The lowest BCUT2D eigenvalue weighted by Gasteiger charge is -2.26. The molecule has 1 aliphatic carbocycles. The SMILES string of the molecule is CC(C)SCC(N)c1cccc(C2CCC2)c1. The maximum absolute atomic E-state index is 6.25. The average molecular weight is 249 g/mol. The number of benzene rings is 1. The Kier molecular flexibility index (Phi) is 4.52. The van der Waals surface area contributed by atoms with Crippen LogP contribution < -0.4 is 5.73 Å². The Morgan fingerprint density at radius 1 is 1.35 bits per heavy atom. The summed E-state index contributed by atoms with van der Waals surface area (Å²) in [5.41, 5.74) is 9.06. The van der Waals surface area contributed by atoms with Crippen molar-refractivity contribution in [2.45, 2.75) is 50.3 Å². The van der Waals surface area contributed by atoms with Crippen molar-refractivity contribution >= 4 is 11.8 Å². The van der Waals surface area contributed by atoms with Crippen LogP contribution in [0.25, 0.3) is 0 Å². The molecular formula is C15H23NS. The highest BCUT2D eigenvalue weighted by Crippen LogP contribution is 2.37. The number of rotatable bonds is 5. The fourth-order valence-electron chi connectivity index (χ4n) is 2.18. The Labute approximate surface area is 109 Å². The molecule has 0 spiro atoms. The van der Waals surface area contributed by atoms with Gasteiger partial charge in [0.25, 0.3) is 0 Å². The zero-order chi connectivity index (χ0) is 12.3. The molecule has 2 rings (SSSR count). The van der Waals surface area contributed by atoms with E-state index in [1.165, 1.54) is 30.4 Å². The summed E-state index contributed by atoms with van der Waals surface area (Å²) in [5.74, 6) is 1.83. The number of thioether (sulfide) groups is 1. The van der Waals surface area contributed by atoms with Crippen LogP contribution in [0.4, 0.5) is 0 Å². The van der Waals surface area contributed by atoms with Gasteiger partial charge in [-0.2, -0.15) is 11.8 Å². The lowest BCUT2D eigenvalue weighted by atomic mass is 9.79. The molecule has 1 fully saturated rings. The molecule has 0 amide bonds. The summed E-state index contributed by atoms with van der Waals surface area (Å²) in [6, 6.07) is 9.11. The Hall–Kier alpha value is -0.470. The van der Waals surface area contributed by atoms with Gasteiger partial charge >= 0.3 is 0 Å². The largest absolute Gasteiger partial charge is 0.323 e. The molecular weight excluding hydrogens is 226 g/mol. The summed E-state index contributed by atoms with van der Waals surface area (Å²) in [4.78, 5) is 0. The van der Waals surface area contributed by atoms with Gasteiger partial charge in [0.1, 0.15) is 0 Å². The number of hydrogen-bond donors (Lipinski definition) is 1. The molecule has 0 radical (unpaired) electrons. The minimum Gasteiger partial charge on any atom is -0.323 e. The van der Waals surface area contributed by atoms with Gasteiger partial charge in [-0.25, -0.2) is 0 Å². The first kappa shape index (κ1) is 13.0. The first-order chi connectivity index (χ1) is 8.16. The molecule has 1 atom stereocenters. The lowest BCUT2D eigenvalue weighted by molar-refractivity contribution is 0.419. The van der Waals surface area contributed by atoms with Gasteiger partial charge in [-0.3, -0.25) is 0 Å². The van der Waals surface area contributed by atoms with Gasteiger partial charge in [-0.1, -0.05) is 44.5 Å². The highest BCUT2D eigenvalue weighted by atomic mass is 32.2. The highest BCUT2D eigenvalue weighted by Gasteiger charge is 2.20. The summed E-state index contributed by atoms with van der Waals surface area (Å²) >= 11 is 1.94. The minimum absolute atomic E-state index is 0.183. The molecule has 0 aliphatic heterocycles. The molecule has 17 heavy (non-hydrogen) atoms. The third-order valence-electron chi connectivity index (χ3n) is 3.52. The van der Waals surface area contributed by atoms with E-state index >= 15 is 0 Å². The first-order valence-corrected chi connectivity index (χ1v) is 7.68. The number of hydrogen-bond acceptors (Lipinski definition) is 2. The van der Waals surface area contributed by atoms with Gasteiger partial charge in [0.15, 0.2) is 0 Å². The normalized spacial score (nSPS) is 18.1. The van der Waals surface area contributed by atoms with Gasteiger partial charge in [0, 0.05) is 11.8 Å². The van der Waals surface area contributed by atoms with E-state index in [-0.39, 0.29) is 6.04 Å². The zero-order valence-electron chi connectivity index (χ0n) is 10.9. The van der Waals surface area contributed by atoms with E-state index in [9.17, 15) is 0 Å². The van der Waals surface area contributed by atoms with Crippen LogP contribution in [0.1, 0.15) is 56.2 Å². The minimum atomic E-state index is 0.183. The fourth-order valence-corrected chi connectivity index (χ4v) is 2.96. The third kappa shape index (κ3) is 3.49. The highest BCUT2D eigenvalue weighted by molar-refractivity contribution is 7.99. The van der Waals surface area contributed by atoms with Crippen LogP contribution >= 0.6 is 11.8 Å². The summed E-state index contributed by atoms with van der Waals surface area (Å²) in [6.45, 7) is 4.45. The van der Waals surface area contributed by atoms with Gasteiger partial charge < -0.3 is 5.73 Å². The fraction of sp³-hybridized carbons (Fsp3) is 0.600. The van der Waals surface area contributed by atoms with Gasteiger partial charge in [-0.15, -0.1) is 0 Å². The molecule has 1 saturated carbocycles. The van der Waals surface area contributed by atoms with Crippen LogP contribution in [0.2, 0.25) is 0 Å². The molecule has 2 heteroatoms. The molecule has 2 N–H and O–H groups in total. The Bertz CT molecular complexity index is 358. The molecule has 0 heterocycles. The quantitative estimate of drug-likeness (QED) is 0.850. The second kappa shape index (κ2) is 5.92. The Morgan fingerprint density at radius 2 is 2.12 bits per heavy atom. The molecule has 1 aromatic carbocycles. The van der Waals surface area contributed by atoms with Crippen molar-refractivity contribution in [2.24, 2.45) is 5.73 Å². The second-order valence-corrected chi connectivity index (χ2v) is 6.90. The van der Waals surface area contributed by atoms with E-state index in [4.69, 9.17) is 5.73 Å². The third-order valence-corrected chi connectivity index (χ3v) is 4.74. The van der Waals surface area contributed by atoms with Crippen molar-refractivity contribution in [3.05, 3.63) is 35.4 Å². The molecule has 94 valence electrons. The van der Waals surface area contributed by atoms with E-state index in [2.05, 4.69) is 38.1 Å². The molecule has 0 saturated heterocycles. The van der Waals surface area contributed by atoms with Gasteiger partial charge in [0.2, 0.25) is 0 Å². The van der Waals surface area contributed by atoms with Crippen molar-refractivity contribution in [3.8, 4) is 0 Å². The van der Waals surface area contributed by atoms with E-state index in [1.54, 1.807) is 0 Å². The summed E-state index contributed by atoms with van der Waals surface area (Å²) in [6.07, 6.45) is 4.11. The number of nitrogens with two attached hydrogens (primary N) is 1. The Balaban J connectivity index is 1.99. The van der Waals surface area contributed by atoms with Crippen LogP contribution in [0.5, 0.6) is 0 Å². The van der Waals surface area contributed by atoms with Crippen LogP contribution in [0, 0.1) is 0 Å². The first-order valence-electron chi connectivity index (χ1n) is 6.64. The average Bonchev–Trinajstić information content (AvgIpc) is 2.24. The smallest absolute Gasteiger partial charge is 0.0386 e. The van der Waals surface area contributed by atoms with Gasteiger partial charge in [0.05, 0.1) is 0 Å². The molecule has 0 aromatic heterocycles.